The van der Waals surface area contributed by atoms with E-state index in [-0.39, 0.29) is 5.54 Å². The van der Waals surface area contributed by atoms with Crippen LogP contribution >= 0.6 is 0 Å². The van der Waals surface area contributed by atoms with E-state index < -0.39 is 0 Å². The number of nitrogens with one attached hydrogen (secondary N) is 1. The highest BCUT2D eigenvalue weighted by atomic mass is 16.5. The zero-order valence-electron chi connectivity index (χ0n) is 9.12. The fraction of sp³-hybridized carbons (Fsp3) is 0.800. The number of hydrogen-bond donors (Lipinski definition) is 2. The molecule has 1 aromatic rings. The molecule has 0 unspecified atom stereocenters. The predicted molar refractivity (Wildman–Crippen MR) is 56.3 cm³/mol. The summed E-state index contributed by atoms with van der Waals surface area (Å²) in [5, 5.41) is 7.27. The zero-order valence-corrected chi connectivity index (χ0v) is 9.12. The minimum atomic E-state index is -0.388. The van der Waals surface area contributed by atoms with Gasteiger partial charge in [0.2, 0.25) is 5.89 Å². The largest absolute Gasteiger partial charge is 0.339 e. The first-order chi connectivity index (χ1) is 7.24. The van der Waals surface area contributed by atoms with Crippen LogP contribution in [0.1, 0.15) is 37.9 Å². The molecular weight excluding hydrogens is 192 g/mol. The van der Waals surface area contributed by atoms with Crippen LogP contribution in [0.4, 0.5) is 0 Å². The lowest BCUT2D eigenvalue weighted by atomic mass is 9.89. The number of rotatable bonds is 3. The molecule has 15 heavy (non-hydrogen) atoms. The first kappa shape index (κ1) is 10.6. The van der Waals surface area contributed by atoms with E-state index in [1.165, 1.54) is 0 Å². The molecule has 1 aliphatic rings. The summed E-state index contributed by atoms with van der Waals surface area (Å²) in [5.74, 6) is 1.38. The molecule has 0 bridgehead atoms. The van der Waals surface area contributed by atoms with Crippen LogP contribution in [-0.4, -0.2) is 23.2 Å². The quantitative estimate of drug-likeness (QED) is 0.762. The van der Waals surface area contributed by atoms with Gasteiger partial charge in [0, 0.05) is 6.42 Å². The average Bonchev–Trinajstić information content (AvgIpc) is 2.69. The molecule has 0 radical (unpaired) electrons. The van der Waals surface area contributed by atoms with Crippen LogP contribution in [0.2, 0.25) is 0 Å². The van der Waals surface area contributed by atoms with Gasteiger partial charge in [0.1, 0.15) is 0 Å². The van der Waals surface area contributed by atoms with Crippen molar-refractivity contribution in [2.45, 2.75) is 38.1 Å². The molecule has 1 saturated heterocycles. The Hall–Kier alpha value is -0.940. The summed E-state index contributed by atoms with van der Waals surface area (Å²) < 4.78 is 5.16. The Morgan fingerprint density at radius 3 is 2.87 bits per heavy atom. The lowest BCUT2D eigenvalue weighted by molar-refractivity contribution is 0.285. The van der Waals surface area contributed by atoms with Crippen molar-refractivity contribution in [1.82, 2.24) is 15.5 Å². The second-order valence-electron chi connectivity index (χ2n) is 4.17. The van der Waals surface area contributed by atoms with Gasteiger partial charge in [-0.15, -0.1) is 0 Å². The summed E-state index contributed by atoms with van der Waals surface area (Å²) in [6.45, 7) is 3.94. The molecule has 1 aromatic heterocycles. The summed E-state index contributed by atoms with van der Waals surface area (Å²) in [6.07, 6.45) is 3.60. The lowest BCUT2D eigenvalue weighted by Crippen LogP contribution is -2.47. The highest BCUT2D eigenvalue weighted by molar-refractivity contribution is 5.06. The molecule has 84 valence electrons. The molecule has 0 spiro atoms. The summed E-state index contributed by atoms with van der Waals surface area (Å²) >= 11 is 0. The van der Waals surface area contributed by atoms with Gasteiger partial charge in [-0.1, -0.05) is 12.1 Å². The minimum Gasteiger partial charge on any atom is -0.339 e. The molecule has 1 aliphatic heterocycles. The Morgan fingerprint density at radius 2 is 2.20 bits per heavy atom. The third-order valence-electron chi connectivity index (χ3n) is 2.87. The summed E-state index contributed by atoms with van der Waals surface area (Å²) in [6, 6.07) is 0. The maximum atomic E-state index is 6.26. The van der Waals surface area contributed by atoms with Gasteiger partial charge in [0.15, 0.2) is 5.82 Å². The molecule has 1 fully saturated rings. The molecule has 5 nitrogen and oxygen atoms in total. The second kappa shape index (κ2) is 4.28. The summed E-state index contributed by atoms with van der Waals surface area (Å²) in [4.78, 5) is 4.36. The predicted octanol–water partition coefficient (Wildman–Crippen LogP) is 0.559. The first-order valence-electron chi connectivity index (χ1n) is 5.57. The molecule has 5 heteroatoms. The highest BCUT2D eigenvalue weighted by Gasteiger charge is 2.34. The van der Waals surface area contributed by atoms with E-state index in [1.807, 2.05) is 0 Å². The third-order valence-corrected chi connectivity index (χ3v) is 2.87. The van der Waals surface area contributed by atoms with Gasteiger partial charge in [-0.2, -0.15) is 4.98 Å². The normalized spacial score (nSPS) is 20.4. The standard InChI is InChI=1S/C10H18N4O/c1-2-3-8-13-9(14-15-8)10(11)4-6-12-7-5-10/h12H,2-7,11H2,1H3. The molecule has 0 atom stereocenters. The Morgan fingerprint density at radius 1 is 1.47 bits per heavy atom. The van der Waals surface area contributed by atoms with Crippen LogP contribution < -0.4 is 11.1 Å². The van der Waals surface area contributed by atoms with Crippen LogP contribution in [0.5, 0.6) is 0 Å². The van der Waals surface area contributed by atoms with E-state index in [2.05, 4.69) is 22.4 Å². The first-order valence-corrected chi connectivity index (χ1v) is 5.57. The van der Waals surface area contributed by atoms with E-state index in [1.54, 1.807) is 0 Å². The van der Waals surface area contributed by atoms with Gasteiger partial charge in [0.25, 0.3) is 0 Å². The maximum Gasteiger partial charge on any atom is 0.226 e. The van der Waals surface area contributed by atoms with Crippen molar-refractivity contribution in [1.29, 1.82) is 0 Å². The summed E-state index contributed by atoms with van der Waals surface area (Å²) in [7, 11) is 0. The zero-order chi connectivity index (χ0) is 10.7. The van der Waals surface area contributed by atoms with E-state index in [0.29, 0.717) is 11.7 Å². The molecule has 2 rings (SSSR count). The Kier molecular flexibility index (Phi) is 3.02. The molecule has 0 amide bonds. The van der Waals surface area contributed by atoms with Crippen LogP contribution in [0, 0.1) is 0 Å². The fourth-order valence-corrected chi connectivity index (χ4v) is 1.87. The number of nitrogens with zero attached hydrogens (tertiary/aromatic N) is 2. The monoisotopic (exact) mass is 210 g/mol. The van der Waals surface area contributed by atoms with Crippen LogP contribution in [-0.2, 0) is 12.0 Å². The van der Waals surface area contributed by atoms with E-state index in [9.17, 15) is 0 Å². The van der Waals surface area contributed by atoms with Gasteiger partial charge in [0.05, 0.1) is 5.54 Å². The second-order valence-corrected chi connectivity index (χ2v) is 4.17. The van der Waals surface area contributed by atoms with Crippen LogP contribution in [0.15, 0.2) is 4.52 Å². The molecule has 2 heterocycles. The van der Waals surface area contributed by atoms with E-state index in [0.717, 1.165) is 38.8 Å². The highest BCUT2D eigenvalue weighted by Crippen LogP contribution is 2.25. The van der Waals surface area contributed by atoms with Gasteiger partial charge in [-0.25, -0.2) is 0 Å². The lowest BCUT2D eigenvalue weighted by Gasteiger charge is -2.30. The number of nitrogens with two attached hydrogens (primary N) is 1. The van der Waals surface area contributed by atoms with Gasteiger partial charge in [-0.3, -0.25) is 0 Å². The molecule has 0 aromatic carbocycles. The Bertz CT molecular complexity index is 317. The van der Waals surface area contributed by atoms with Gasteiger partial charge >= 0.3 is 0 Å². The van der Waals surface area contributed by atoms with Crippen molar-refractivity contribution in [2.75, 3.05) is 13.1 Å². The molecular formula is C10H18N4O. The van der Waals surface area contributed by atoms with Crippen LogP contribution in [0.25, 0.3) is 0 Å². The Balaban J connectivity index is 2.12. The van der Waals surface area contributed by atoms with Crippen molar-refractivity contribution in [3.63, 3.8) is 0 Å². The fourth-order valence-electron chi connectivity index (χ4n) is 1.87. The van der Waals surface area contributed by atoms with Crippen molar-refractivity contribution >= 4 is 0 Å². The van der Waals surface area contributed by atoms with Crippen molar-refractivity contribution in [3.05, 3.63) is 11.7 Å². The number of aromatic nitrogens is 2. The van der Waals surface area contributed by atoms with Gasteiger partial charge in [-0.05, 0) is 32.4 Å². The SMILES string of the molecule is CCCc1nc(C2(N)CCNCC2)no1. The van der Waals surface area contributed by atoms with Gasteiger partial charge < -0.3 is 15.6 Å². The smallest absolute Gasteiger partial charge is 0.226 e. The van der Waals surface area contributed by atoms with Crippen molar-refractivity contribution in [2.24, 2.45) is 5.73 Å². The van der Waals surface area contributed by atoms with Crippen molar-refractivity contribution < 1.29 is 4.52 Å². The van der Waals surface area contributed by atoms with Crippen LogP contribution in [0.3, 0.4) is 0 Å². The number of aryl methyl sites for hydroxylation is 1. The number of piperidine rings is 1. The van der Waals surface area contributed by atoms with E-state index >= 15 is 0 Å². The topological polar surface area (TPSA) is 77.0 Å². The number of hydrogen-bond acceptors (Lipinski definition) is 5. The molecule has 0 aliphatic carbocycles. The molecule has 0 saturated carbocycles. The Labute approximate surface area is 89.4 Å². The van der Waals surface area contributed by atoms with Crippen molar-refractivity contribution in [3.8, 4) is 0 Å². The molecule has 3 N–H and O–H groups in total. The average molecular weight is 210 g/mol. The maximum absolute atomic E-state index is 6.26. The van der Waals surface area contributed by atoms with E-state index in [4.69, 9.17) is 10.3 Å². The third kappa shape index (κ3) is 2.18. The summed E-state index contributed by atoms with van der Waals surface area (Å²) in [5.41, 5.74) is 5.88. The minimum absolute atomic E-state index is 0.388.